The lowest BCUT2D eigenvalue weighted by atomic mass is 9.33. The summed E-state index contributed by atoms with van der Waals surface area (Å²) in [7, 11) is 0. The third kappa shape index (κ3) is 5.34. The van der Waals surface area contributed by atoms with Crippen molar-refractivity contribution in [2.24, 2.45) is 56.2 Å². The predicted octanol–water partition coefficient (Wildman–Crippen LogP) is 8.64. The highest BCUT2D eigenvalue weighted by molar-refractivity contribution is 6.07. The van der Waals surface area contributed by atoms with Crippen LogP contribution in [0.2, 0.25) is 0 Å². The Kier molecular flexibility index (Phi) is 8.87. The monoisotopic (exact) mass is 701 g/mol. The summed E-state index contributed by atoms with van der Waals surface area (Å²) in [5, 5.41) is 9.58. The number of Topliss-reactive ketones (excluding diaryl/α,β-unsaturated/α-hetero) is 1. The summed E-state index contributed by atoms with van der Waals surface area (Å²) in [6, 6.07) is 0. The molecule has 8 atom stereocenters. The van der Waals surface area contributed by atoms with Gasteiger partial charge in [0.05, 0.1) is 17.3 Å². The Hall–Kier alpha value is -2.32. The van der Waals surface area contributed by atoms with Crippen LogP contribution in [-0.2, 0) is 23.9 Å². The fourth-order valence-corrected chi connectivity index (χ4v) is 13.0. The number of esters is 1. The lowest BCUT2D eigenvalue weighted by molar-refractivity contribution is -0.233. The Morgan fingerprint density at radius 1 is 0.880 bits per heavy atom. The van der Waals surface area contributed by atoms with E-state index in [0.717, 1.165) is 56.1 Å². The van der Waals surface area contributed by atoms with Gasteiger partial charge in [-0.15, -0.1) is 0 Å². The number of amides is 1. The minimum Gasteiger partial charge on any atom is -0.481 e. The number of hydrogen-bond acceptors (Lipinski definition) is 5. The van der Waals surface area contributed by atoms with Crippen molar-refractivity contribution in [1.82, 2.24) is 4.90 Å². The molecular weight excluding hydrogens is 640 g/mol. The van der Waals surface area contributed by atoms with Crippen LogP contribution >= 0.6 is 0 Å². The second-order valence-corrected chi connectivity index (χ2v) is 19.6. The molecule has 1 heterocycles. The summed E-state index contributed by atoms with van der Waals surface area (Å²) >= 11 is 0. The number of allylic oxidation sites excluding steroid dienone is 1. The van der Waals surface area contributed by atoms with Gasteiger partial charge in [-0.1, -0.05) is 48.5 Å². The summed E-state index contributed by atoms with van der Waals surface area (Å²) in [5.74, 6) is -3.46. The minimum atomic E-state index is -2.75. The van der Waals surface area contributed by atoms with Crippen LogP contribution in [-0.4, -0.2) is 58.8 Å². The first-order valence-electron chi connectivity index (χ1n) is 19.3. The zero-order valence-corrected chi connectivity index (χ0v) is 32.0. The van der Waals surface area contributed by atoms with Gasteiger partial charge >= 0.3 is 11.9 Å². The molecule has 0 aromatic rings. The smallest absolute Gasteiger partial charge is 0.309 e. The number of fused-ring (bicyclic) bond motifs is 7. The minimum absolute atomic E-state index is 0.00212. The zero-order chi connectivity index (χ0) is 37.0. The maximum Gasteiger partial charge on any atom is 0.309 e. The van der Waals surface area contributed by atoms with Crippen LogP contribution in [0.4, 0.5) is 8.78 Å². The number of likely N-dealkylation sites (tertiary alicyclic amines) is 1. The zero-order valence-electron chi connectivity index (χ0n) is 32.0. The molecule has 0 aromatic carbocycles. The van der Waals surface area contributed by atoms with Crippen molar-refractivity contribution in [3.8, 4) is 0 Å². The first-order chi connectivity index (χ1) is 23.0. The molecule has 0 bridgehead atoms. The van der Waals surface area contributed by atoms with Gasteiger partial charge < -0.3 is 14.7 Å². The second kappa shape index (κ2) is 11.8. The number of carbonyl (C=O) groups excluding carboxylic acids is 3. The Balaban J connectivity index is 1.30. The number of piperidine rings is 1. The van der Waals surface area contributed by atoms with Crippen LogP contribution in [0, 0.1) is 56.2 Å². The molecule has 6 aliphatic rings. The number of ether oxygens (including phenoxy) is 1. The van der Waals surface area contributed by atoms with Gasteiger partial charge in [0.15, 0.2) is 5.78 Å². The molecule has 9 heteroatoms. The van der Waals surface area contributed by atoms with E-state index in [0.29, 0.717) is 18.3 Å². The Morgan fingerprint density at radius 3 is 2.12 bits per heavy atom. The van der Waals surface area contributed by atoms with Gasteiger partial charge in [0.2, 0.25) is 5.91 Å². The Morgan fingerprint density at radius 2 is 1.52 bits per heavy atom. The molecular formula is C41H61F2NO6. The molecule has 1 N–H and O–H groups in total. The third-order valence-electron chi connectivity index (χ3n) is 16.0. The molecule has 1 aliphatic heterocycles. The van der Waals surface area contributed by atoms with E-state index in [1.807, 2.05) is 0 Å². The number of hydrogen-bond donors (Lipinski definition) is 1. The fraction of sp³-hybridized carbons (Fsp3) is 0.854. The average molecular weight is 702 g/mol. The number of carboxylic acid groups (broad SMARTS) is 1. The van der Waals surface area contributed by atoms with E-state index in [4.69, 9.17) is 4.74 Å². The van der Waals surface area contributed by atoms with Gasteiger partial charge in [-0.05, 0) is 116 Å². The van der Waals surface area contributed by atoms with Crippen LogP contribution < -0.4 is 0 Å². The molecule has 280 valence electrons. The fourth-order valence-electron chi connectivity index (χ4n) is 13.0. The van der Waals surface area contributed by atoms with Crippen molar-refractivity contribution in [1.29, 1.82) is 0 Å². The molecule has 1 saturated heterocycles. The molecule has 1 amide bonds. The number of nitrogens with zero attached hydrogens (tertiary/aromatic N) is 1. The standard InChI is InChI=1S/C41H61F2NO6/c1-24(2)31-26(45)22-40(33(47)44-20-18-41(42,43)19-21-44)17-16-38(8)25(32(31)40)10-11-28-37(7)14-13-29(50-30(46)23-35(3,4)34(48)49)36(5,6)27(37)12-15-39(28,38)9/h24-25,27-29H,10-23H2,1-9H3,(H,48,49)/t25-,27+,28-,29+,37+,38-,39-,40-/m1/s1. The van der Waals surface area contributed by atoms with E-state index < -0.39 is 28.7 Å². The van der Waals surface area contributed by atoms with E-state index in [1.54, 1.807) is 18.7 Å². The maximum absolute atomic E-state index is 14.6. The van der Waals surface area contributed by atoms with Gasteiger partial charge in [0, 0.05) is 37.8 Å². The van der Waals surface area contributed by atoms with Crippen molar-refractivity contribution in [2.45, 2.75) is 151 Å². The van der Waals surface area contributed by atoms with Crippen molar-refractivity contribution < 1.29 is 37.8 Å². The van der Waals surface area contributed by atoms with E-state index in [9.17, 15) is 33.1 Å². The summed E-state index contributed by atoms with van der Waals surface area (Å²) in [5.41, 5.74) is -0.707. The van der Waals surface area contributed by atoms with Crippen LogP contribution in [0.25, 0.3) is 0 Å². The van der Waals surface area contributed by atoms with Crippen LogP contribution in [0.15, 0.2) is 11.1 Å². The molecule has 50 heavy (non-hydrogen) atoms. The molecule has 0 aromatic heterocycles. The summed E-state index contributed by atoms with van der Waals surface area (Å²) < 4.78 is 34.5. The number of rotatable bonds is 6. The normalized spacial score (nSPS) is 40.8. The quantitative estimate of drug-likeness (QED) is 0.278. The van der Waals surface area contributed by atoms with E-state index >= 15 is 0 Å². The van der Waals surface area contributed by atoms with Gasteiger partial charge in [-0.2, -0.15) is 0 Å². The van der Waals surface area contributed by atoms with Crippen molar-refractivity contribution in [3.63, 3.8) is 0 Å². The van der Waals surface area contributed by atoms with Gasteiger partial charge in [0.1, 0.15) is 6.10 Å². The average Bonchev–Trinajstić information content (AvgIpc) is 3.31. The molecule has 0 unspecified atom stereocenters. The van der Waals surface area contributed by atoms with Crippen LogP contribution in [0.1, 0.15) is 139 Å². The number of halogens is 2. The highest BCUT2D eigenvalue weighted by atomic mass is 19.3. The Bertz CT molecular complexity index is 1490. The molecule has 5 aliphatic carbocycles. The molecule has 4 saturated carbocycles. The van der Waals surface area contributed by atoms with E-state index in [1.165, 1.54) is 0 Å². The summed E-state index contributed by atoms with van der Waals surface area (Å²) in [6.07, 6.45) is 6.01. The predicted molar refractivity (Wildman–Crippen MR) is 186 cm³/mol. The number of aliphatic carboxylic acids is 1. The van der Waals surface area contributed by atoms with Crippen molar-refractivity contribution in [2.75, 3.05) is 13.1 Å². The van der Waals surface area contributed by atoms with Crippen LogP contribution in [0.3, 0.4) is 0 Å². The highest BCUT2D eigenvalue weighted by Gasteiger charge is 2.71. The molecule has 7 nitrogen and oxygen atoms in total. The second-order valence-electron chi connectivity index (χ2n) is 19.6. The van der Waals surface area contributed by atoms with Crippen molar-refractivity contribution in [3.05, 3.63) is 11.1 Å². The topological polar surface area (TPSA) is 101 Å². The SMILES string of the molecule is CC(C)C1=C2[C@H]3CC[C@@H]4[C@@]5(C)CC[C@H](OC(=O)CC(C)(C)C(=O)O)C(C)(C)[C@@H]5CC[C@@]4(C)[C@]3(C)CC[C@@]2(C(=O)N2CCC(F)(F)CC2)CC1=O. The van der Waals surface area contributed by atoms with Gasteiger partial charge in [-0.3, -0.25) is 19.2 Å². The Labute approximate surface area is 297 Å². The number of carboxylic acids is 1. The number of alkyl halides is 2. The number of ketones is 1. The highest BCUT2D eigenvalue weighted by Crippen LogP contribution is 2.77. The molecule has 6 rings (SSSR count). The molecule has 5 fully saturated rings. The first kappa shape index (κ1) is 37.4. The van der Waals surface area contributed by atoms with Gasteiger partial charge in [0.25, 0.3) is 5.92 Å². The summed E-state index contributed by atoms with van der Waals surface area (Å²) in [6.45, 7) is 19.1. The largest absolute Gasteiger partial charge is 0.481 e. The summed E-state index contributed by atoms with van der Waals surface area (Å²) in [4.78, 5) is 54.9. The lowest BCUT2D eigenvalue weighted by Gasteiger charge is -2.72. The maximum atomic E-state index is 14.6. The van der Waals surface area contributed by atoms with Crippen LogP contribution in [0.5, 0.6) is 0 Å². The van der Waals surface area contributed by atoms with E-state index in [-0.39, 0.29) is 90.1 Å². The molecule has 0 radical (unpaired) electrons. The number of carbonyl (C=O) groups is 4. The third-order valence-corrected chi connectivity index (χ3v) is 16.0. The van der Waals surface area contributed by atoms with E-state index in [2.05, 4.69) is 48.5 Å². The molecule has 0 spiro atoms. The van der Waals surface area contributed by atoms with Gasteiger partial charge in [-0.25, -0.2) is 8.78 Å². The first-order valence-corrected chi connectivity index (χ1v) is 19.3. The lowest BCUT2D eigenvalue weighted by Crippen LogP contribution is -2.66. The van der Waals surface area contributed by atoms with Crippen molar-refractivity contribution >= 4 is 23.6 Å².